The molecule has 1 aliphatic carbocycles. The van der Waals surface area contributed by atoms with Crippen LogP contribution in [0.1, 0.15) is 63.4 Å². The van der Waals surface area contributed by atoms with Crippen LogP contribution in [0.25, 0.3) is 0 Å². The molecule has 2 heteroatoms. The van der Waals surface area contributed by atoms with E-state index in [-0.39, 0.29) is 0 Å². The fraction of sp³-hybridized carbons (Fsp3) is 0.684. The Labute approximate surface area is 138 Å². The van der Waals surface area contributed by atoms with Gasteiger partial charge < -0.3 is 5.32 Å². The predicted octanol–water partition coefficient (Wildman–Crippen LogP) is 5.50. The largest absolute Gasteiger partial charge is 0.316 e. The Morgan fingerprint density at radius 2 is 1.86 bits per heavy atom. The van der Waals surface area contributed by atoms with Crippen molar-refractivity contribution in [3.05, 3.63) is 34.3 Å². The van der Waals surface area contributed by atoms with E-state index in [0.717, 1.165) is 5.92 Å². The Bertz CT molecular complexity index is 445. The van der Waals surface area contributed by atoms with Crippen LogP contribution in [0.2, 0.25) is 0 Å². The van der Waals surface area contributed by atoms with E-state index in [4.69, 9.17) is 0 Å². The number of benzene rings is 1. The van der Waals surface area contributed by atoms with E-state index in [1.807, 2.05) is 0 Å². The summed E-state index contributed by atoms with van der Waals surface area (Å²) < 4.78 is 1.19. The van der Waals surface area contributed by atoms with Gasteiger partial charge in [-0.2, -0.15) is 0 Å². The smallest absolute Gasteiger partial charge is 0.0175 e. The molecule has 2 aliphatic rings. The first kappa shape index (κ1) is 15.6. The minimum Gasteiger partial charge on any atom is -0.316 e. The first-order chi connectivity index (χ1) is 10.2. The summed E-state index contributed by atoms with van der Waals surface area (Å²) in [6, 6.07) is 9.09. The Kier molecular flexibility index (Phi) is 5.06. The molecule has 0 radical (unpaired) electrons. The van der Waals surface area contributed by atoms with E-state index < -0.39 is 0 Å². The first-order valence-corrected chi connectivity index (χ1v) is 9.49. The molecule has 21 heavy (non-hydrogen) atoms. The predicted molar refractivity (Wildman–Crippen MR) is 93.7 cm³/mol. The van der Waals surface area contributed by atoms with Crippen molar-refractivity contribution in [1.29, 1.82) is 0 Å². The van der Waals surface area contributed by atoms with Crippen molar-refractivity contribution < 1.29 is 0 Å². The first-order valence-electron chi connectivity index (χ1n) is 8.70. The number of hydrogen-bond acceptors (Lipinski definition) is 1. The summed E-state index contributed by atoms with van der Waals surface area (Å²) in [5, 5.41) is 3.64. The van der Waals surface area contributed by atoms with E-state index in [0.29, 0.717) is 11.3 Å². The number of halogens is 1. The number of rotatable bonds is 3. The minimum atomic E-state index is 0.573. The number of piperidine rings is 1. The summed E-state index contributed by atoms with van der Waals surface area (Å²) in [5.74, 6) is 1.71. The number of hydrogen-bond donors (Lipinski definition) is 1. The molecule has 1 atom stereocenters. The molecule has 0 aromatic heterocycles. The van der Waals surface area contributed by atoms with Crippen LogP contribution in [0.3, 0.4) is 0 Å². The molecule has 0 amide bonds. The van der Waals surface area contributed by atoms with Crippen molar-refractivity contribution in [2.45, 2.75) is 57.8 Å². The lowest BCUT2D eigenvalue weighted by Gasteiger charge is -2.49. The molecule has 0 bridgehead atoms. The molecule has 1 spiro atoms. The van der Waals surface area contributed by atoms with E-state index in [1.54, 1.807) is 5.56 Å². The fourth-order valence-corrected chi connectivity index (χ4v) is 4.95. The van der Waals surface area contributed by atoms with Crippen molar-refractivity contribution in [3.8, 4) is 0 Å². The third-order valence-corrected chi connectivity index (χ3v) is 6.49. The van der Waals surface area contributed by atoms with Gasteiger partial charge in [-0.15, -0.1) is 0 Å². The molecular weight excluding hydrogens is 322 g/mol. The molecule has 1 nitrogen and oxygen atoms in total. The van der Waals surface area contributed by atoms with Gasteiger partial charge in [-0.25, -0.2) is 0 Å². The third-order valence-electron chi connectivity index (χ3n) is 5.96. The lowest BCUT2D eigenvalue weighted by atomic mass is 9.58. The zero-order chi connectivity index (χ0) is 14.7. The average Bonchev–Trinajstić information content (AvgIpc) is 2.52. The second kappa shape index (κ2) is 6.83. The van der Waals surface area contributed by atoms with Crippen LogP contribution < -0.4 is 5.32 Å². The zero-order valence-corrected chi connectivity index (χ0v) is 14.8. The molecule has 116 valence electrons. The monoisotopic (exact) mass is 349 g/mol. The maximum atomic E-state index is 3.64. The standard InChI is InChI=1S/C19H28BrN/c1-2-3-15-8-10-19(11-9-15)12-13-21-14-18(19)16-4-6-17(20)7-5-16/h4-7,15,18,21H,2-3,8-14H2,1H3. The summed E-state index contributed by atoms with van der Waals surface area (Å²) in [4.78, 5) is 0. The fourth-order valence-electron chi connectivity index (χ4n) is 4.69. The average molecular weight is 350 g/mol. The van der Waals surface area contributed by atoms with Crippen molar-refractivity contribution in [1.82, 2.24) is 5.32 Å². The topological polar surface area (TPSA) is 12.0 Å². The molecular formula is C19H28BrN. The number of nitrogens with one attached hydrogen (secondary N) is 1. The lowest BCUT2D eigenvalue weighted by Crippen LogP contribution is -2.45. The van der Waals surface area contributed by atoms with Gasteiger partial charge in [0.25, 0.3) is 0 Å². The Morgan fingerprint density at radius 3 is 2.52 bits per heavy atom. The highest BCUT2D eigenvalue weighted by molar-refractivity contribution is 9.10. The zero-order valence-electron chi connectivity index (χ0n) is 13.2. The maximum Gasteiger partial charge on any atom is 0.0175 e. The summed E-state index contributed by atoms with van der Waals surface area (Å²) in [7, 11) is 0. The normalized spacial score (nSPS) is 33.2. The van der Waals surface area contributed by atoms with Gasteiger partial charge in [-0.3, -0.25) is 0 Å². The van der Waals surface area contributed by atoms with Gasteiger partial charge in [0.1, 0.15) is 0 Å². The third kappa shape index (κ3) is 3.37. The van der Waals surface area contributed by atoms with Crippen molar-refractivity contribution in [2.24, 2.45) is 11.3 Å². The Balaban J connectivity index is 1.77. The van der Waals surface area contributed by atoms with Crippen LogP contribution in [0.4, 0.5) is 0 Å². The van der Waals surface area contributed by atoms with Crippen LogP contribution >= 0.6 is 15.9 Å². The molecule has 1 heterocycles. The molecule has 1 aliphatic heterocycles. The van der Waals surface area contributed by atoms with E-state index >= 15 is 0 Å². The lowest BCUT2D eigenvalue weighted by molar-refractivity contribution is 0.0768. The van der Waals surface area contributed by atoms with Crippen molar-refractivity contribution in [2.75, 3.05) is 13.1 Å². The van der Waals surface area contributed by atoms with Gasteiger partial charge in [0.05, 0.1) is 0 Å². The molecule has 3 rings (SSSR count). The molecule has 1 saturated heterocycles. The second-order valence-corrected chi connectivity index (χ2v) is 8.07. The van der Waals surface area contributed by atoms with Gasteiger partial charge in [0.2, 0.25) is 0 Å². The van der Waals surface area contributed by atoms with Gasteiger partial charge in [0.15, 0.2) is 0 Å². The second-order valence-electron chi connectivity index (χ2n) is 7.15. The Hall–Kier alpha value is -0.340. The quantitative estimate of drug-likeness (QED) is 0.759. The van der Waals surface area contributed by atoms with E-state index in [9.17, 15) is 0 Å². The summed E-state index contributed by atoms with van der Waals surface area (Å²) in [5.41, 5.74) is 2.11. The SMILES string of the molecule is CCCC1CCC2(CCNCC2c2ccc(Br)cc2)CC1. The maximum absolute atomic E-state index is 3.64. The highest BCUT2D eigenvalue weighted by Crippen LogP contribution is 2.52. The van der Waals surface area contributed by atoms with Crippen molar-refractivity contribution in [3.63, 3.8) is 0 Å². The van der Waals surface area contributed by atoms with Gasteiger partial charge >= 0.3 is 0 Å². The highest BCUT2D eigenvalue weighted by Gasteiger charge is 2.43. The summed E-state index contributed by atoms with van der Waals surface area (Å²) >= 11 is 3.57. The summed E-state index contributed by atoms with van der Waals surface area (Å²) in [6.07, 6.45) is 9.97. The molecule has 1 aromatic carbocycles. The molecule has 2 fully saturated rings. The van der Waals surface area contributed by atoms with Crippen LogP contribution in [0.5, 0.6) is 0 Å². The van der Waals surface area contributed by atoms with Gasteiger partial charge in [0, 0.05) is 16.9 Å². The van der Waals surface area contributed by atoms with Crippen LogP contribution in [0.15, 0.2) is 28.7 Å². The Morgan fingerprint density at radius 1 is 1.14 bits per heavy atom. The van der Waals surface area contributed by atoms with Crippen molar-refractivity contribution >= 4 is 15.9 Å². The highest BCUT2D eigenvalue weighted by atomic mass is 79.9. The summed E-state index contributed by atoms with van der Waals surface area (Å²) in [6.45, 7) is 4.71. The van der Waals surface area contributed by atoms with Gasteiger partial charge in [-0.1, -0.05) is 47.8 Å². The minimum absolute atomic E-state index is 0.573. The van der Waals surface area contributed by atoms with Crippen LogP contribution in [0, 0.1) is 11.3 Å². The molecule has 1 N–H and O–H groups in total. The molecule has 1 aromatic rings. The van der Waals surface area contributed by atoms with Gasteiger partial charge in [-0.05, 0) is 67.7 Å². The molecule has 1 unspecified atom stereocenters. The van der Waals surface area contributed by atoms with Crippen LogP contribution in [-0.2, 0) is 0 Å². The van der Waals surface area contributed by atoms with E-state index in [2.05, 4.69) is 52.4 Å². The van der Waals surface area contributed by atoms with E-state index in [1.165, 1.54) is 62.5 Å². The van der Waals surface area contributed by atoms with Crippen LogP contribution in [-0.4, -0.2) is 13.1 Å². The molecule has 1 saturated carbocycles.